The number of hydrogen-bond acceptors (Lipinski definition) is 4. The molecule has 0 amide bonds. The van der Waals surface area contributed by atoms with Gasteiger partial charge in [0.15, 0.2) is 0 Å². The van der Waals surface area contributed by atoms with Crippen molar-refractivity contribution in [3.8, 4) is 11.6 Å². The maximum atomic E-state index is 12.7. The van der Waals surface area contributed by atoms with Crippen LogP contribution in [0.25, 0.3) is 0 Å². The minimum Gasteiger partial charge on any atom is -0.478 e. The molecule has 1 aromatic rings. The number of pyridine rings is 1. The number of esters is 1. The summed E-state index contributed by atoms with van der Waals surface area (Å²) in [4.78, 5) is 16.9. The fourth-order valence-electron chi connectivity index (χ4n) is 5.84. The Balaban J connectivity index is 1.31. The van der Waals surface area contributed by atoms with Crippen LogP contribution in [0.15, 0.2) is 18.3 Å². The van der Waals surface area contributed by atoms with Gasteiger partial charge in [-0.15, -0.1) is 0 Å². The highest BCUT2D eigenvalue weighted by atomic mass is 16.5. The molecule has 1 heterocycles. The highest BCUT2D eigenvalue weighted by Gasteiger charge is 2.33. The monoisotopic (exact) mass is 457 g/mol. The maximum Gasteiger partial charge on any atom is 0.314 e. The predicted molar refractivity (Wildman–Crippen MR) is 135 cm³/mol. The van der Waals surface area contributed by atoms with E-state index in [0.717, 1.165) is 43.4 Å². The molecule has 0 radical (unpaired) electrons. The van der Waals surface area contributed by atoms with E-state index in [0.29, 0.717) is 18.2 Å². The van der Waals surface area contributed by atoms with E-state index in [4.69, 9.17) is 9.47 Å². The molecule has 0 aromatic carbocycles. The van der Waals surface area contributed by atoms with Gasteiger partial charge in [-0.1, -0.05) is 71.6 Å². The Labute approximate surface area is 202 Å². The van der Waals surface area contributed by atoms with Crippen LogP contribution in [0.5, 0.6) is 11.6 Å². The van der Waals surface area contributed by atoms with E-state index in [1.54, 1.807) is 18.3 Å². The number of carbonyl (C=O) groups is 1. The van der Waals surface area contributed by atoms with Crippen molar-refractivity contribution in [1.82, 2.24) is 4.98 Å². The fraction of sp³-hybridized carbons (Fsp3) is 0.793. The second kappa shape index (κ2) is 14.6. The van der Waals surface area contributed by atoms with E-state index in [9.17, 15) is 4.79 Å². The van der Waals surface area contributed by atoms with Crippen LogP contribution in [-0.4, -0.2) is 17.6 Å². The highest BCUT2D eigenvalue weighted by molar-refractivity contribution is 5.75. The fourth-order valence-corrected chi connectivity index (χ4v) is 5.84. The van der Waals surface area contributed by atoms with Crippen molar-refractivity contribution in [3.05, 3.63) is 18.3 Å². The molecule has 2 aliphatic carbocycles. The average molecular weight is 458 g/mol. The van der Waals surface area contributed by atoms with Crippen LogP contribution in [0, 0.1) is 23.7 Å². The zero-order valence-electron chi connectivity index (χ0n) is 21.2. The van der Waals surface area contributed by atoms with Gasteiger partial charge in [-0.2, -0.15) is 0 Å². The van der Waals surface area contributed by atoms with Crippen LogP contribution >= 0.6 is 0 Å². The molecule has 0 saturated heterocycles. The molecule has 1 aromatic heterocycles. The first-order valence-electron chi connectivity index (χ1n) is 14.0. The number of ether oxygens (including phenoxy) is 2. The summed E-state index contributed by atoms with van der Waals surface area (Å²) >= 11 is 0. The summed E-state index contributed by atoms with van der Waals surface area (Å²) in [7, 11) is 0. The van der Waals surface area contributed by atoms with Crippen LogP contribution < -0.4 is 9.47 Å². The van der Waals surface area contributed by atoms with Crippen LogP contribution in [0.1, 0.15) is 117 Å². The summed E-state index contributed by atoms with van der Waals surface area (Å²) in [5, 5.41) is 0. The molecule has 4 heteroatoms. The molecule has 0 bridgehead atoms. The smallest absolute Gasteiger partial charge is 0.314 e. The van der Waals surface area contributed by atoms with Gasteiger partial charge in [0, 0.05) is 6.07 Å². The molecule has 2 fully saturated rings. The quantitative estimate of drug-likeness (QED) is 0.221. The summed E-state index contributed by atoms with van der Waals surface area (Å²) in [5.41, 5.74) is 0. The highest BCUT2D eigenvalue weighted by Crippen LogP contribution is 2.42. The van der Waals surface area contributed by atoms with Gasteiger partial charge in [0.1, 0.15) is 5.75 Å². The topological polar surface area (TPSA) is 48.4 Å². The Morgan fingerprint density at radius 1 is 0.848 bits per heavy atom. The molecule has 0 N–H and O–H groups in total. The first-order valence-corrected chi connectivity index (χ1v) is 14.0. The minimum atomic E-state index is -0.0818. The molecule has 2 saturated carbocycles. The first-order chi connectivity index (χ1) is 16.2. The molecule has 2 aliphatic rings. The normalized spacial score (nSPS) is 25.5. The molecule has 0 spiro atoms. The van der Waals surface area contributed by atoms with E-state index >= 15 is 0 Å². The Hall–Kier alpha value is -1.58. The maximum absolute atomic E-state index is 12.7. The van der Waals surface area contributed by atoms with Crippen molar-refractivity contribution in [2.75, 3.05) is 6.61 Å². The van der Waals surface area contributed by atoms with Crippen molar-refractivity contribution in [2.45, 2.75) is 117 Å². The summed E-state index contributed by atoms with van der Waals surface area (Å²) in [6, 6.07) is 3.58. The lowest BCUT2D eigenvalue weighted by Crippen LogP contribution is -2.30. The molecule has 33 heavy (non-hydrogen) atoms. The first kappa shape index (κ1) is 26.0. The lowest BCUT2D eigenvalue weighted by Gasteiger charge is -2.37. The summed E-state index contributed by atoms with van der Waals surface area (Å²) in [5.74, 6) is 3.77. The Bertz CT molecular complexity index is 658. The van der Waals surface area contributed by atoms with E-state index < -0.39 is 0 Å². The zero-order chi connectivity index (χ0) is 23.3. The summed E-state index contributed by atoms with van der Waals surface area (Å²) in [6.07, 6.45) is 22.2. The molecule has 4 nitrogen and oxygen atoms in total. The minimum absolute atomic E-state index is 0.0428. The van der Waals surface area contributed by atoms with Crippen LogP contribution in [-0.2, 0) is 4.79 Å². The SMILES string of the molecule is CCCCCCCC1CCC(C2CCC(C(=O)Oc3ccc(OCCCC)nc3)CC2)CC1. The van der Waals surface area contributed by atoms with Gasteiger partial charge in [0.2, 0.25) is 5.88 Å². The number of hydrogen-bond donors (Lipinski definition) is 0. The Morgan fingerprint density at radius 3 is 2.15 bits per heavy atom. The van der Waals surface area contributed by atoms with Crippen molar-refractivity contribution >= 4 is 5.97 Å². The average Bonchev–Trinajstić information content (AvgIpc) is 2.86. The molecule has 0 atom stereocenters. The van der Waals surface area contributed by atoms with Crippen LogP contribution in [0.4, 0.5) is 0 Å². The third-order valence-electron chi connectivity index (χ3n) is 8.05. The van der Waals surface area contributed by atoms with Crippen LogP contribution in [0.3, 0.4) is 0 Å². The second-order valence-corrected chi connectivity index (χ2v) is 10.6. The molecular formula is C29H47NO3. The van der Waals surface area contributed by atoms with Gasteiger partial charge in [0.05, 0.1) is 18.7 Å². The number of aromatic nitrogens is 1. The number of carbonyl (C=O) groups excluding carboxylic acids is 1. The second-order valence-electron chi connectivity index (χ2n) is 10.6. The number of unbranched alkanes of at least 4 members (excludes halogenated alkanes) is 5. The van der Waals surface area contributed by atoms with Crippen molar-refractivity contribution < 1.29 is 14.3 Å². The standard InChI is InChI=1S/C29H47NO3/c1-3-5-7-8-9-10-23-11-13-24(14-12-23)25-15-17-26(18-16-25)29(31)33-27-19-20-28(30-22-27)32-21-6-4-2/h19-20,22-26H,3-18,21H2,1-2H3. The van der Waals surface area contributed by atoms with Gasteiger partial charge in [-0.3, -0.25) is 4.79 Å². The number of rotatable bonds is 13. The van der Waals surface area contributed by atoms with Crippen molar-refractivity contribution in [2.24, 2.45) is 23.7 Å². The van der Waals surface area contributed by atoms with Gasteiger partial charge >= 0.3 is 5.97 Å². The van der Waals surface area contributed by atoms with E-state index in [-0.39, 0.29) is 11.9 Å². The van der Waals surface area contributed by atoms with Gasteiger partial charge in [-0.05, 0) is 68.8 Å². The van der Waals surface area contributed by atoms with Crippen molar-refractivity contribution in [1.29, 1.82) is 0 Å². The Morgan fingerprint density at radius 2 is 1.52 bits per heavy atom. The van der Waals surface area contributed by atoms with Crippen LogP contribution in [0.2, 0.25) is 0 Å². The molecule has 3 rings (SSSR count). The Kier molecular flexibility index (Phi) is 11.5. The van der Waals surface area contributed by atoms with Gasteiger partial charge < -0.3 is 9.47 Å². The predicted octanol–water partition coefficient (Wildman–Crippen LogP) is 8.14. The van der Waals surface area contributed by atoms with E-state index in [1.807, 2.05) is 0 Å². The van der Waals surface area contributed by atoms with Crippen molar-refractivity contribution in [3.63, 3.8) is 0 Å². The van der Waals surface area contributed by atoms with E-state index in [2.05, 4.69) is 18.8 Å². The van der Waals surface area contributed by atoms with Gasteiger partial charge in [-0.25, -0.2) is 4.98 Å². The summed E-state index contributed by atoms with van der Waals surface area (Å²) in [6.45, 7) is 5.10. The zero-order valence-corrected chi connectivity index (χ0v) is 21.2. The van der Waals surface area contributed by atoms with Gasteiger partial charge in [0.25, 0.3) is 0 Å². The lowest BCUT2D eigenvalue weighted by atomic mass is 9.68. The molecule has 0 aliphatic heterocycles. The third-order valence-corrected chi connectivity index (χ3v) is 8.05. The largest absolute Gasteiger partial charge is 0.478 e. The molecule has 0 unspecified atom stereocenters. The molecule has 186 valence electrons. The third kappa shape index (κ3) is 8.94. The number of nitrogens with zero attached hydrogens (tertiary/aromatic N) is 1. The molecular weight excluding hydrogens is 410 g/mol. The van der Waals surface area contributed by atoms with E-state index in [1.165, 1.54) is 77.0 Å². The lowest BCUT2D eigenvalue weighted by molar-refractivity contribution is -0.140. The summed E-state index contributed by atoms with van der Waals surface area (Å²) < 4.78 is 11.2.